The van der Waals surface area contributed by atoms with Crippen LogP contribution in [0, 0.1) is 19.8 Å². The molecule has 0 bridgehead atoms. The fraction of sp³-hybridized carbons (Fsp3) is 0.588. The van der Waals surface area contributed by atoms with Crippen molar-refractivity contribution in [3.63, 3.8) is 0 Å². The van der Waals surface area contributed by atoms with E-state index in [9.17, 15) is 4.79 Å². The second kappa shape index (κ2) is 7.07. The monoisotopic (exact) mass is 330 g/mol. The van der Waals surface area contributed by atoms with Crippen molar-refractivity contribution in [3.8, 4) is 0 Å². The zero-order valence-corrected chi connectivity index (χ0v) is 14.6. The highest BCUT2D eigenvalue weighted by Gasteiger charge is 2.32. The number of nitrogens with one attached hydrogen (secondary N) is 2. The molecule has 2 unspecified atom stereocenters. The molecule has 2 aromatic heterocycles. The predicted octanol–water partition coefficient (Wildman–Crippen LogP) is 2.41. The summed E-state index contributed by atoms with van der Waals surface area (Å²) in [6.45, 7) is 8.39. The number of aromatic amines is 1. The van der Waals surface area contributed by atoms with Crippen LogP contribution in [0.2, 0.25) is 0 Å². The Kier molecular flexibility index (Phi) is 4.87. The SMILES string of the molecule is Cc1n[nH]c(C)c1C1CCCN1C(=O)NCC(C)Cn1cccn1. The van der Waals surface area contributed by atoms with E-state index in [0.717, 1.165) is 37.3 Å². The Hall–Kier alpha value is -2.31. The lowest BCUT2D eigenvalue weighted by Crippen LogP contribution is -2.41. The van der Waals surface area contributed by atoms with Crippen LogP contribution in [-0.4, -0.2) is 44.0 Å². The van der Waals surface area contributed by atoms with Gasteiger partial charge in [0.2, 0.25) is 0 Å². The number of carbonyl (C=O) groups excluding carboxylic acids is 1. The van der Waals surface area contributed by atoms with E-state index >= 15 is 0 Å². The van der Waals surface area contributed by atoms with Crippen molar-refractivity contribution in [3.05, 3.63) is 35.4 Å². The van der Waals surface area contributed by atoms with Crippen LogP contribution in [0.5, 0.6) is 0 Å². The summed E-state index contributed by atoms with van der Waals surface area (Å²) in [6, 6.07) is 2.06. The minimum Gasteiger partial charge on any atom is -0.338 e. The van der Waals surface area contributed by atoms with Crippen LogP contribution in [-0.2, 0) is 6.54 Å². The second-order valence-corrected chi connectivity index (χ2v) is 6.72. The number of nitrogens with zero attached hydrogens (tertiary/aromatic N) is 4. The molecule has 0 saturated carbocycles. The fourth-order valence-corrected chi connectivity index (χ4v) is 3.52. The van der Waals surface area contributed by atoms with Crippen LogP contribution in [0.4, 0.5) is 4.79 Å². The lowest BCUT2D eigenvalue weighted by molar-refractivity contribution is 0.190. The minimum atomic E-state index is 0.0183. The highest BCUT2D eigenvalue weighted by Crippen LogP contribution is 2.34. The Morgan fingerprint density at radius 3 is 3.00 bits per heavy atom. The average Bonchev–Trinajstić information content (AvgIpc) is 3.27. The molecular formula is C17H26N6O. The zero-order valence-electron chi connectivity index (χ0n) is 14.6. The molecule has 3 heterocycles. The lowest BCUT2D eigenvalue weighted by atomic mass is 10.0. The standard InChI is InChI=1S/C17H26N6O/c1-12(11-22-8-5-7-19-22)10-18-17(24)23-9-4-6-15(23)16-13(2)20-21-14(16)3/h5,7-8,12,15H,4,6,9-11H2,1-3H3,(H,18,24)(H,20,21). The Morgan fingerprint density at radius 2 is 2.33 bits per heavy atom. The Labute approximate surface area is 142 Å². The van der Waals surface area contributed by atoms with E-state index in [1.165, 1.54) is 5.56 Å². The molecule has 0 spiro atoms. The third-order valence-corrected chi connectivity index (χ3v) is 4.69. The second-order valence-electron chi connectivity index (χ2n) is 6.72. The molecule has 2 atom stereocenters. The number of hydrogen-bond donors (Lipinski definition) is 2. The van der Waals surface area contributed by atoms with E-state index in [1.807, 2.05) is 35.7 Å². The summed E-state index contributed by atoms with van der Waals surface area (Å²) in [4.78, 5) is 14.6. The van der Waals surface area contributed by atoms with Crippen molar-refractivity contribution in [1.82, 2.24) is 30.2 Å². The molecular weight excluding hydrogens is 304 g/mol. The van der Waals surface area contributed by atoms with E-state index in [0.29, 0.717) is 12.5 Å². The van der Waals surface area contributed by atoms with Crippen molar-refractivity contribution in [2.45, 2.75) is 46.2 Å². The predicted molar refractivity (Wildman–Crippen MR) is 91.5 cm³/mol. The van der Waals surface area contributed by atoms with Gasteiger partial charge in [-0.1, -0.05) is 6.92 Å². The number of H-pyrrole nitrogens is 1. The van der Waals surface area contributed by atoms with Gasteiger partial charge < -0.3 is 10.2 Å². The molecule has 24 heavy (non-hydrogen) atoms. The van der Waals surface area contributed by atoms with Crippen LogP contribution in [0.3, 0.4) is 0 Å². The average molecular weight is 330 g/mol. The van der Waals surface area contributed by atoms with Crippen LogP contribution in [0.25, 0.3) is 0 Å². The Balaban J connectivity index is 1.58. The first-order chi connectivity index (χ1) is 11.6. The van der Waals surface area contributed by atoms with Gasteiger partial charge in [0.1, 0.15) is 0 Å². The minimum absolute atomic E-state index is 0.0183. The van der Waals surface area contributed by atoms with Gasteiger partial charge in [-0.25, -0.2) is 4.79 Å². The number of urea groups is 1. The summed E-state index contributed by atoms with van der Waals surface area (Å²) in [7, 11) is 0. The number of hydrogen-bond acceptors (Lipinski definition) is 3. The van der Waals surface area contributed by atoms with Gasteiger partial charge in [-0.05, 0) is 38.7 Å². The number of aromatic nitrogens is 4. The number of likely N-dealkylation sites (tertiary alicyclic amines) is 1. The summed E-state index contributed by atoms with van der Waals surface area (Å²) >= 11 is 0. The van der Waals surface area contributed by atoms with Crippen molar-refractivity contribution in [2.24, 2.45) is 5.92 Å². The van der Waals surface area contributed by atoms with Gasteiger partial charge in [-0.3, -0.25) is 9.78 Å². The molecule has 0 aromatic carbocycles. The molecule has 2 aromatic rings. The van der Waals surface area contributed by atoms with E-state index in [4.69, 9.17) is 0 Å². The van der Waals surface area contributed by atoms with Gasteiger partial charge in [0.25, 0.3) is 0 Å². The van der Waals surface area contributed by atoms with Gasteiger partial charge in [-0.15, -0.1) is 0 Å². The van der Waals surface area contributed by atoms with Crippen LogP contribution in [0.1, 0.15) is 42.8 Å². The summed E-state index contributed by atoms with van der Waals surface area (Å²) in [5.41, 5.74) is 3.22. The third-order valence-electron chi connectivity index (χ3n) is 4.69. The van der Waals surface area contributed by atoms with Crippen molar-refractivity contribution < 1.29 is 4.79 Å². The first-order valence-electron chi connectivity index (χ1n) is 8.59. The number of amides is 2. The maximum atomic E-state index is 12.6. The molecule has 0 aliphatic carbocycles. The number of rotatable bonds is 5. The molecule has 1 saturated heterocycles. The summed E-state index contributed by atoms with van der Waals surface area (Å²) in [6.07, 6.45) is 5.75. The molecule has 2 amide bonds. The smallest absolute Gasteiger partial charge is 0.317 e. The summed E-state index contributed by atoms with van der Waals surface area (Å²) in [5, 5.41) is 14.6. The number of carbonyl (C=O) groups is 1. The first-order valence-corrected chi connectivity index (χ1v) is 8.59. The van der Waals surface area contributed by atoms with Crippen molar-refractivity contribution >= 4 is 6.03 Å². The topological polar surface area (TPSA) is 78.8 Å². The first kappa shape index (κ1) is 16.5. The molecule has 7 nitrogen and oxygen atoms in total. The molecule has 7 heteroatoms. The molecule has 130 valence electrons. The van der Waals surface area contributed by atoms with Gasteiger partial charge >= 0.3 is 6.03 Å². The highest BCUT2D eigenvalue weighted by atomic mass is 16.2. The summed E-state index contributed by atoms with van der Waals surface area (Å²) in [5.74, 6) is 0.326. The van der Waals surface area contributed by atoms with E-state index < -0.39 is 0 Å². The molecule has 1 aliphatic rings. The van der Waals surface area contributed by atoms with E-state index in [1.54, 1.807) is 6.20 Å². The Bertz CT molecular complexity index is 658. The van der Waals surface area contributed by atoms with Crippen LogP contribution < -0.4 is 5.32 Å². The summed E-state index contributed by atoms with van der Waals surface area (Å²) < 4.78 is 1.90. The Morgan fingerprint density at radius 1 is 1.50 bits per heavy atom. The number of aryl methyl sites for hydroxylation is 2. The van der Waals surface area contributed by atoms with E-state index in [2.05, 4.69) is 27.5 Å². The largest absolute Gasteiger partial charge is 0.338 e. The zero-order chi connectivity index (χ0) is 17.1. The van der Waals surface area contributed by atoms with Gasteiger partial charge in [0.15, 0.2) is 0 Å². The van der Waals surface area contributed by atoms with E-state index in [-0.39, 0.29) is 12.1 Å². The van der Waals surface area contributed by atoms with Crippen LogP contribution in [0.15, 0.2) is 18.5 Å². The lowest BCUT2D eigenvalue weighted by Gasteiger charge is -2.26. The molecule has 1 aliphatic heterocycles. The highest BCUT2D eigenvalue weighted by molar-refractivity contribution is 5.75. The van der Waals surface area contributed by atoms with Crippen molar-refractivity contribution in [2.75, 3.05) is 13.1 Å². The fourth-order valence-electron chi connectivity index (χ4n) is 3.52. The quantitative estimate of drug-likeness (QED) is 0.883. The molecule has 1 fully saturated rings. The maximum absolute atomic E-state index is 12.6. The maximum Gasteiger partial charge on any atom is 0.317 e. The van der Waals surface area contributed by atoms with Gasteiger partial charge in [-0.2, -0.15) is 10.2 Å². The van der Waals surface area contributed by atoms with Crippen molar-refractivity contribution in [1.29, 1.82) is 0 Å². The van der Waals surface area contributed by atoms with Gasteiger partial charge in [0, 0.05) is 43.3 Å². The molecule has 0 radical (unpaired) electrons. The normalized spacial score (nSPS) is 18.8. The third kappa shape index (κ3) is 3.44. The molecule has 2 N–H and O–H groups in total. The van der Waals surface area contributed by atoms with Gasteiger partial charge in [0.05, 0.1) is 11.7 Å². The van der Waals surface area contributed by atoms with Crippen LogP contribution >= 0.6 is 0 Å². The molecule has 3 rings (SSSR count).